The maximum atomic E-state index is 5.76. The highest BCUT2D eigenvalue weighted by Gasteiger charge is 2.13. The molecule has 0 aromatic heterocycles. The molecule has 2 aliphatic rings. The minimum atomic E-state index is 0. The average molecular weight is 423 g/mol. The first-order chi connectivity index (χ1) is 10.4. The molecule has 0 bridgehead atoms. The van der Waals surface area contributed by atoms with Crippen LogP contribution in [0.3, 0.4) is 0 Å². The standard InChI is InChI=1S/C16H29N3O2.HI/c1-17-16(19-15-5-2-3-6-15)18-9-4-10-21-13-14-7-11-20-12-8-14;/h2-3,14-15H,4-13H2,1H3,(H2,17,18,19);1H. The molecule has 0 saturated carbocycles. The number of nitrogens with zero attached hydrogens (tertiary/aromatic N) is 1. The van der Waals surface area contributed by atoms with Gasteiger partial charge in [-0.25, -0.2) is 0 Å². The number of hydrogen-bond acceptors (Lipinski definition) is 3. The van der Waals surface area contributed by atoms with Gasteiger partial charge in [0.25, 0.3) is 0 Å². The molecular formula is C16H30IN3O2. The van der Waals surface area contributed by atoms with Crippen molar-refractivity contribution in [2.75, 3.05) is 40.0 Å². The molecule has 0 spiro atoms. The van der Waals surface area contributed by atoms with Crippen LogP contribution in [0, 0.1) is 5.92 Å². The van der Waals surface area contributed by atoms with Crippen molar-refractivity contribution in [2.24, 2.45) is 10.9 Å². The molecule has 2 N–H and O–H groups in total. The summed E-state index contributed by atoms with van der Waals surface area (Å²) in [6, 6.07) is 0.501. The van der Waals surface area contributed by atoms with Crippen molar-refractivity contribution in [1.82, 2.24) is 10.6 Å². The molecule has 1 aliphatic heterocycles. The van der Waals surface area contributed by atoms with Crippen LogP contribution in [-0.4, -0.2) is 52.0 Å². The van der Waals surface area contributed by atoms with Crippen molar-refractivity contribution in [3.63, 3.8) is 0 Å². The van der Waals surface area contributed by atoms with Gasteiger partial charge < -0.3 is 20.1 Å². The molecule has 6 heteroatoms. The Bertz CT molecular complexity index is 336. The largest absolute Gasteiger partial charge is 0.381 e. The zero-order chi connectivity index (χ0) is 14.8. The second-order valence-electron chi connectivity index (χ2n) is 5.77. The van der Waals surface area contributed by atoms with Gasteiger partial charge in [0.15, 0.2) is 5.96 Å². The predicted octanol–water partition coefficient (Wildman–Crippen LogP) is 2.32. The van der Waals surface area contributed by atoms with Crippen LogP contribution in [0.4, 0.5) is 0 Å². The van der Waals surface area contributed by atoms with Gasteiger partial charge in [0, 0.05) is 46.1 Å². The zero-order valence-corrected chi connectivity index (χ0v) is 15.9. The number of aliphatic imine (C=N–C) groups is 1. The third kappa shape index (κ3) is 7.78. The van der Waals surface area contributed by atoms with Crippen LogP contribution in [0.15, 0.2) is 17.1 Å². The summed E-state index contributed by atoms with van der Waals surface area (Å²) in [5.74, 6) is 1.59. The van der Waals surface area contributed by atoms with E-state index in [1.54, 1.807) is 0 Å². The first-order valence-electron chi connectivity index (χ1n) is 8.16. The Hall–Kier alpha value is -0.340. The highest BCUT2D eigenvalue weighted by atomic mass is 127. The molecule has 22 heavy (non-hydrogen) atoms. The van der Waals surface area contributed by atoms with E-state index in [0.29, 0.717) is 12.0 Å². The van der Waals surface area contributed by atoms with Crippen LogP contribution in [0.5, 0.6) is 0 Å². The van der Waals surface area contributed by atoms with Crippen LogP contribution in [0.2, 0.25) is 0 Å². The quantitative estimate of drug-likeness (QED) is 0.217. The Morgan fingerprint density at radius 2 is 2.00 bits per heavy atom. The number of ether oxygens (including phenoxy) is 2. The summed E-state index contributed by atoms with van der Waals surface area (Å²) in [5, 5.41) is 6.78. The predicted molar refractivity (Wildman–Crippen MR) is 101 cm³/mol. The van der Waals surface area contributed by atoms with Gasteiger partial charge in [-0.1, -0.05) is 12.2 Å². The maximum absolute atomic E-state index is 5.76. The Morgan fingerprint density at radius 1 is 1.27 bits per heavy atom. The molecule has 1 fully saturated rings. The lowest BCUT2D eigenvalue weighted by atomic mass is 10.0. The van der Waals surface area contributed by atoms with Gasteiger partial charge in [0.2, 0.25) is 0 Å². The van der Waals surface area contributed by atoms with E-state index >= 15 is 0 Å². The van der Waals surface area contributed by atoms with E-state index in [1.165, 1.54) is 0 Å². The first-order valence-corrected chi connectivity index (χ1v) is 8.16. The fourth-order valence-electron chi connectivity index (χ4n) is 2.67. The second-order valence-corrected chi connectivity index (χ2v) is 5.77. The Labute approximate surface area is 151 Å². The van der Waals surface area contributed by atoms with Gasteiger partial charge in [0.05, 0.1) is 0 Å². The van der Waals surface area contributed by atoms with E-state index in [0.717, 1.165) is 71.0 Å². The fraction of sp³-hybridized carbons (Fsp3) is 0.812. The SMILES string of the molecule is CN=C(NCCCOCC1CCOCC1)NC1CC=CC1.I. The van der Waals surface area contributed by atoms with Gasteiger partial charge in [-0.2, -0.15) is 0 Å². The summed E-state index contributed by atoms with van der Waals surface area (Å²) >= 11 is 0. The van der Waals surface area contributed by atoms with Crippen LogP contribution in [0.1, 0.15) is 32.1 Å². The summed E-state index contributed by atoms with van der Waals surface area (Å²) in [4.78, 5) is 4.25. The molecular weight excluding hydrogens is 393 g/mol. The Balaban J connectivity index is 0.00000242. The van der Waals surface area contributed by atoms with E-state index in [2.05, 4.69) is 27.8 Å². The topological polar surface area (TPSA) is 54.9 Å². The lowest BCUT2D eigenvalue weighted by molar-refractivity contribution is 0.0203. The van der Waals surface area contributed by atoms with E-state index in [9.17, 15) is 0 Å². The van der Waals surface area contributed by atoms with Crippen molar-refractivity contribution < 1.29 is 9.47 Å². The van der Waals surface area contributed by atoms with Gasteiger partial charge in [-0.15, -0.1) is 24.0 Å². The van der Waals surface area contributed by atoms with Crippen LogP contribution in [-0.2, 0) is 9.47 Å². The van der Waals surface area contributed by atoms with E-state index < -0.39 is 0 Å². The van der Waals surface area contributed by atoms with Gasteiger partial charge in [0.1, 0.15) is 0 Å². The van der Waals surface area contributed by atoms with Crippen molar-refractivity contribution in [3.05, 3.63) is 12.2 Å². The smallest absolute Gasteiger partial charge is 0.191 e. The third-order valence-electron chi connectivity index (χ3n) is 4.02. The van der Waals surface area contributed by atoms with E-state index in [4.69, 9.17) is 9.47 Å². The summed E-state index contributed by atoms with van der Waals surface area (Å²) in [5.41, 5.74) is 0. The maximum Gasteiger partial charge on any atom is 0.191 e. The molecule has 0 aromatic rings. The number of guanidine groups is 1. The van der Waals surface area contributed by atoms with Gasteiger partial charge in [-0.05, 0) is 38.0 Å². The number of nitrogens with one attached hydrogen (secondary N) is 2. The summed E-state index contributed by atoms with van der Waals surface area (Å²) in [7, 11) is 1.82. The average Bonchev–Trinajstić information content (AvgIpc) is 3.03. The zero-order valence-electron chi connectivity index (χ0n) is 13.6. The Kier molecular flexibility index (Phi) is 10.9. The van der Waals surface area contributed by atoms with Gasteiger partial charge in [-0.3, -0.25) is 4.99 Å². The Morgan fingerprint density at radius 3 is 2.68 bits per heavy atom. The molecule has 1 heterocycles. The van der Waals surface area contributed by atoms with Crippen molar-refractivity contribution in [2.45, 2.75) is 38.1 Å². The highest BCUT2D eigenvalue weighted by molar-refractivity contribution is 14.0. The second kappa shape index (κ2) is 12.1. The highest BCUT2D eigenvalue weighted by Crippen LogP contribution is 2.14. The van der Waals surface area contributed by atoms with Crippen molar-refractivity contribution in [3.8, 4) is 0 Å². The van der Waals surface area contributed by atoms with Crippen LogP contribution >= 0.6 is 24.0 Å². The van der Waals surface area contributed by atoms with Crippen LogP contribution < -0.4 is 10.6 Å². The normalized spacial score (nSPS) is 20.0. The minimum absolute atomic E-state index is 0. The number of halogens is 1. The number of hydrogen-bond donors (Lipinski definition) is 2. The fourth-order valence-corrected chi connectivity index (χ4v) is 2.67. The molecule has 0 radical (unpaired) electrons. The summed E-state index contributed by atoms with van der Waals surface area (Å²) in [6.45, 7) is 4.38. The van der Waals surface area contributed by atoms with Gasteiger partial charge >= 0.3 is 0 Å². The molecule has 0 amide bonds. The molecule has 1 saturated heterocycles. The van der Waals surface area contributed by atoms with Crippen molar-refractivity contribution in [1.29, 1.82) is 0 Å². The molecule has 0 atom stereocenters. The molecule has 5 nitrogen and oxygen atoms in total. The summed E-state index contributed by atoms with van der Waals surface area (Å²) in [6.07, 6.45) is 9.91. The molecule has 2 rings (SSSR count). The molecule has 0 aromatic carbocycles. The van der Waals surface area contributed by atoms with Crippen LogP contribution in [0.25, 0.3) is 0 Å². The summed E-state index contributed by atoms with van der Waals surface area (Å²) < 4.78 is 11.1. The number of rotatable bonds is 7. The molecule has 1 aliphatic carbocycles. The lowest BCUT2D eigenvalue weighted by Crippen LogP contribution is -2.42. The monoisotopic (exact) mass is 423 g/mol. The molecule has 0 unspecified atom stereocenters. The minimum Gasteiger partial charge on any atom is -0.381 e. The third-order valence-corrected chi connectivity index (χ3v) is 4.02. The lowest BCUT2D eigenvalue weighted by Gasteiger charge is -2.21. The first kappa shape index (κ1) is 19.7. The molecule has 128 valence electrons. The van der Waals surface area contributed by atoms with E-state index in [-0.39, 0.29) is 24.0 Å². The van der Waals surface area contributed by atoms with Crippen molar-refractivity contribution >= 4 is 29.9 Å². The van der Waals surface area contributed by atoms with E-state index in [1.807, 2.05) is 7.05 Å².